The van der Waals surface area contributed by atoms with Gasteiger partial charge in [-0.1, -0.05) is 6.42 Å². The molecule has 0 saturated carbocycles. The number of alkyl halides is 1. The average molecular weight is 239 g/mol. The molecule has 0 heterocycles. The van der Waals surface area contributed by atoms with Gasteiger partial charge in [0.25, 0.3) is 0 Å². The molecule has 1 amide bonds. The average Bonchev–Trinajstić information content (AvgIpc) is 2.19. The summed E-state index contributed by atoms with van der Waals surface area (Å²) in [5.74, 6) is -0.390. The van der Waals surface area contributed by atoms with Crippen molar-refractivity contribution in [2.45, 2.75) is 25.7 Å². The Bertz CT molecular complexity index is 199. The van der Waals surface area contributed by atoms with Crippen LogP contribution in [0.4, 0.5) is 4.79 Å². The first-order valence-electron chi connectivity index (χ1n) is 4.87. The van der Waals surface area contributed by atoms with Crippen LogP contribution in [0.5, 0.6) is 0 Å². The number of hydrogen-bond acceptors (Lipinski definition) is 3. The Morgan fingerprint density at radius 2 is 2.00 bits per heavy atom. The largest absolute Gasteiger partial charge is 0.481 e. The number of ether oxygens (including phenoxy) is 1. The van der Waals surface area contributed by atoms with Crippen LogP contribution in [0, 0.1) is 11.6 Å². The predicted octanol–water partition coefficient (Wildman–Crippen LogP) is 0.639. The molecular formula is C9H17ClNO4+. The maximum Gasteiger partial charge on any atom is 0.407 e. The van der Waals surface area contributed by atoms with E-state index in [0.717, 1.165) is 12.8 Å². The second-order valence-corrected chi connectivity index (χ2v) is 3.38. The SMILES string of the molecule is O=C(O)CCCCCNC(=O)OCC[ClH+]. The normalized spacial score (nSPS) is 9.67. The van der Waals surface area contributed by atoms with E-state index in [9.17, 15) is 9.59 Å². The van der Waals surface area contributed by atoms with Gasteiger partial charge >= 0.3 is 12.1 Å². The number of amides is 1. The molecule has 0 atom stereocenters. The van der Waals surface area contributed by atoms with Gasteiger partial charge in [0.15, 0.2) is 0 Å². The number of carbonyl (C=O) groups excluding carboxylic acids is 1. The summed E-state index contributed by atoms with van der Waals surface area (Å²) in [5, 5.41) is 10.9. The topological polar surface area (TPSA) is 75.6 Å². The fourth-order valence-corrected chi connectivity index (χ4v) is 1.04. The van der Waals surface area contributed by atoms with E-state index >= 15 is 0 Å². The fourth-order valence-electron chi connectivity index (χ4n) is 0.954. The van der Waals surface area contributed by atoms with Gasteiger partial charge in [-0.15, -0.1) is 0 Å². The number of nitrogens with one attached hydrogen (secondary N) is 1. The molecule has 0 fully saturated rings. The van der Waals surface area contributed by atoms with Crippen LogP contribution in [0.1, 0.15) is 25.7 Å². The molecule has 0 radical (unpaired) electrons. The van der Waals surface area contributed by atoms with Crippen LogP contribution in [0.3, 0.4) is 0 Å². The molecule has 0 aliphatic heterocycles. The van der Waals surface area contributed by atoms with E-state index in [4.69, 9.17) is 5.11 Å². The van der Waals surface area contributed by atoms with Crippen LogP contribution >= 0.6 is 0 Å². The molecule has 2 N–H and O–H groups in total. The molecule has 0 spiro atoms. The number of rotatable bonds is 8. The highest BCUT2D eigenvalue weighted by Gasteiger charge is 2.01. The molecule has 5 nitrogen and oxygen atoms in total. The third-order valence-electron chi connectivity index (χ3n) is 1.65. The van der Waals surface area contributed by atoms with Gasteiger partial charge in [0.2, 0.25) is 5.88 Å². The first kappa shape index (κ1) is 14.0. The minimum atomic E-state index is -0.784. The number of alkyl carbamates (subject to hydrolysis) is 1. The van der Waals surface area contributed by atoms with Gasteiger partial charge in [0.1, 0.15) is 18.2 Å². The van der Waals surface area contributed by atoms with Crippen LogP contribution in [0.25, 0.3) is 0 Å². The van der Waals surface area contributed by atoms with Crippen LogP contribution in [-0.4, -0.2) is 36.2 Å². The zero-order valence-corrected chi connectivity index (χ0v) is 9.35. The highest BCUT2D eigenvalue weighted by Crippen LogP contribution is 1.98. The van der Waals surface area contributed by atoms with Crippen LogP contribution in [-0.2, 0) is 9.53 Å². The van der Waals surface area contributed by atoms with Gasteiger partial charge in [-0.05, 0) is 12.8 Å². The number of unbranched alkanes of at least 4 members (excludes halogenated alkanes) is 2. The van der Waals surface area contributed by atoms with Gasteiger partial charge in [0, 0.05) is 13.0 Å². The summed E-state index contributed by atoms with van der Waals surface area (Å²) in [4.78, 5) is 21.0. The van der Waals surface area contributed by atoms with E-state index in [1.165, 1.54) is 0 Å². The maximum absolute atomic E-state index is 10.9. The lowest BCUT2D eigenvalue weighted by atomic mass is 10.2. The summed E-state index contributed by atoms with van der Waals surface area (Å²) in [5.41, 5.74) is 0. The van der Waals surface area contributed by atoms with Crippen LogP contribution in [0.2, 0.25) is 0 Å². The molecule has 0 aromatic heterocycles. The number of aliphatic carboxylic acids is 1. The number of hydrogen-bond donors (Lipinski definition) is 2. The minimum absolute atomic E-state index is 0.181. The smallest absolute Gasteiger partial charge is 0.407 e. The lowest BCUT2D eigenvalue weighted by Gasteiger charge is -2.03. The van der Waals surface area contributed by atoms with Crippen molar-refractivity contribution < 1.29 is 31.0 Å². The van der Waals surface area contributed by atoms with E-state index in [2.05, 4.69) is 21.7 Å². The molecule has 0 aromatic carbocycles. The summed E-state index contributed by atoms with van der Waals surface area (Å²) in [6, 6.07) is 0. The van der Waals surface area contributed by atoms with Crippen molar-refractivity contribution in [1.29, 1.82) is 0 Å². The van der Waals surface area contributed by atoms with E-state index < -0.39 is 12.1 Å². The van der Waals surface area contributed by atoms with Crippen molar-refractivity contribution in [2.75, 3.05) is 19.0 Å². The Kier molecular flexibility index (Phi) is 8.96. The molecule has 0 saturated heterocycles. The zero-order chi connectivity index (χ0) is 11.5. The van der Waals surface area contributed by atoms with Gasteiger partial charge < -0.3 is 15.2 Å². The molecule has 15 heavy (non-hydrogen) atoms. The third kappa shape index (κ3) is 11.0. The molecule has 0 rings (SSSR count). The molecule has 88 valence electrons. The first-order chi connectivity index (χ1) is 7.16. The van der Waals surface area contributed by atoms with E-state index in [0.29, 0.717) is 18.8 Å². The maximum atomic E-state index is 10.9. The number of halogens is 1. The second kappa shape index (κ2) is 9.58. The Morgan fingerprint density at radius 3 is 2.60 bits per heavy atom. The molecular weight excluding hydrogens is 222 g/mol. The minimum Gasteiger partial charge on any atom is -0.481 e. The molecule has 0 unspecified atom stereocenters. The highest BCUT2D eigenvalue weighted by molar-refractivity contribution is 5.67. The molecule has 0 aromatic rings. The van der Waals surface area contributed by atoms with Crippen LogP contribution < -0.4 is 5.32 Å². The monoisotopic (exact) mass is 238 g/mol. The summed E-state index contributed by atoms with van der Waals surface area (Å²) in [7, 11) is 0. The van der Waals surface area contributed by atoms with Crippen molar-refractivity contribution in [2.24, 2.45) is 0 Å². The van der Waals surface area contributed by atoms with E-state index in [1.807, 2.05) is 0 Å². The van der Waals surface area contributed by atoms with Gasteiger partial charge in [-0.3, -0.25) is 4.79 Å². The summed E-state index contributed by atoms with van der Waals surface area (Å²) >= 11 is 4.60. The molecule has 0 aliphatic carbocycles. The van der Waals surface area contributed by atoms with Gasteiger partial charge in [-0.25, -0.2) is 4.79 Å². The van der Waals surface area contributed by atoms with Crippen molar-refractivity contribution in [1.82, 2.24) is 5.32 Å². The molecule has 0 bridgehead atoms. The Hall–Kier alpha value is -0.970. The van der Waals surface area contributed by atoms with Gasteiger partial charge in [0.05, 0.1) is 0 Å². The number of carboxylic acid groups (broad SMARTS) is 1. The number of carbonyl (C=O) groups is 2. The first-order valence-corrected chi connectivity index (χ1v) is 5.45. The molecule has 6 heteroatoms. The highest BCUT2D eigenvalue weighted by atomic mass is 35.5. The second-order valence-electron chi connectivity index (χ2n) is 2.97. The van der Waals surface area contributed by atoms with E-state index in [1.54, 1.807) is 0 Å². The quantitative estimate of drug-likeness (QED) is 0.481. The van der Waals surface area contributed by atoms with Crippen molar-refractivity contribution in [3.8, 4) is 0 Å². The number of carboxylic acids is 1. The predicted molar refractivity (Wildman–Crippen MR) is 51.7 cm³/mol. The third-order valence-corrected chi connectivity index (χ3v) is 1.82. The summed E-state index contributed by atoms with van der Waals surface area (Å²) in [6.07, 6.45) is 1.90. The fraction of sp³-hybridized carbons (Fsp3) is 0.778. The standard InChI is InChI=1S/C9H16ClNO4/c10-5-7-15-9(14)11-6-3-1-2-4-8(12)13/h10H,1-7H2,(H-,11,12,13,14)/p+1. The Labute approximate surface area is 93.7 Å². The van der Waals surface area contributed by atoms with Gasteiger partial charge in [-0.2, -0.15) is 0 Å². The molecule has 0 aliphatic rings. The van der Waals surface area contributed by atoms with E-state index in [-0.39, 0.29) is 13.0 Å². The van der Waals surface area contributed by atoms with Crippen LogP contribution in [0.15, 0.2) is 0 Å². The lowest BCUT2D eigenvalue weighted by Crippen LogP contribution is -2.26. The van der Waals surface area contributed by atoms with Crippen molar-refractivity contribution >= 4 is 12.1 Å². The van der Waals surface area contributed by atoms with Crippen molar-refractivity contribution in [3.05, 3.63) is 0 Å². The zero-order valence-electron chi connectivity index (χ0n) is 8.53. The Morgan fingerprint density at radius 1 is 1.27 bits per heavy atom. The van der Waals surface area contributed by atoms with Crippen molar-refractivity contribution in [3.63, 3.8) is 0 Å². The lowest BCUT2D eigenvalue weighted by molar-refractivity contribution is -0.371. The Balaban J connectivity index is 3.16. The summed E-state index contributed by atoms with van der Waals surface area (Å²) in [6.45, 7) is 0.760. The summed E-state index contributed by atoms with van der Waals surface area (Å²) < 4.78 is 4.69.